The van der Waals surface area contributed by atoms with E-state index in [0.717, 1.165) is 6.42 Å². The van der Waals surface area contributed by atoms with E-state index in [2.05, 4.69) is 0 Å². The highest BCUT2D eigenvalue weighted by atomic mass is 16.7. The van der Waals surface area contributed by atoms with Crippen LogP contribution < -0.4 is 0 Å². The fraction of sp³-hybridized carbons (Fsp3) is 1.00. The molecular weight excluding hydrogens is 136 g/mol. The molecule has 0 saturated carbocycles. The lowest BCUT2D eigenvalue weighted by molar-refractivity contribution is -0.351. The van der Waals surface area contributed by atoms with Gasteiger partial charge in [0.25, 0.3) is 5.97 Å². The van der Waals surface area contributed by atoms with Gasteiger partial charge < -0.3 is 20.1 Å². The standard InChI is InChI=1S/C6H12O4/c7-6(8,9)5-2-1-3-10-4-5/h5,7-9H,1-4H2/t5-/m0/s1. The number of aliphatic hydroxyl groups is 3. The fourth-order valence-corrected chi connectivity index (χ4v) is 1.05. The Bertz CT molecular complexity index is 101. The van der Waals surface area contributed by atoms with Crippen LogP contribution in [0.25, 0.3) is 0 Å². The maximum absolute atomic E-state index is 8.67. The molecule has 0 radical (unpaired) electrons. The minimum Gasteiger partial charge on any atom is -0.381 e. The Balaban J connectivity index is 2.39. The molecule has 0 aromatic heterocycles. The molecule has 60 valence electrons. The molecule has 4 heteroatoms. The third kappa shape index (κ3) is 1.91. The molecule has 1 saturated heterocycles. The smallest absolute Gasteiger partial charge is 0.280 e. The van der Waals surface area contributed by atoms with Crippen LogP contribution in [0, 0.1) is 5.92 Å². The van der Waals surface area contributed by atoms with Crippen LogP contribution in [-0.4, -0.2) is 34.5 Å². The van der Waals surface area contributed by atoms with Crippen LogP contribution in [0.15, 0.2) is 0 Å². The van der Waals surface area contributed by atoms with E-state index in [9.17, 15) is 0 Å². The average Bonchev–Trinajstić information content (AvgIpc) is 1.88. The van der Waals surface area contributed by atoms with Crippen molar-refractivity contribution in [3.8, 4) is 0 Å². The monoisotopic (exact) mass is 148 g/mol. The van der Waals surface area contributed by atoms with Gasteiger partial charge in [0.1, 0.15) is 0 Å². The van der Waals surface area contributed by atoms with Gasteiger partial charge in [-0.2, -0.15) is 0 Å². The van der Waals surface area contributed by atoms with Gasteiger partial charge in [0.15, 0.2) is 0 Å². The Morgan fingerprint density at radius 2 is 2.00 bits per heavy atom. The molecule has 0 bridgehead atoms. The second kappa shape index (κ2) is 2.84. The number of ether oxygens (including phenoxy) is 1. The minimum absolute atomic E-state index is 0.226. The molecule has 1 atom stereocenters. The minimum atomic E-state index is -2.56. The Kier molecular flexibility index (Phi) is 2.25. The van der Waals surface area contributed by atoms with Crippen LogP contribution in [0.2, 0.25) is 0 Å². The highest BCUT2D eigenvalue weighted by molar-refractivity contribution is 4.68. The summed E-state index contributed by atoms with van der Waals surface area (Å²) < 4.78 is 4.93. The largest absolute Gasteiger partial charge is 0.381 e. The molecule has 1 rings (SSSR count). The first-order valence-electron chi connectivity index (χ1n) is 3.35. The lowest BCUT2D eigenvalue weighted by Gasteiger charge is -2.28. The topological polar surface area (TPSA) is 69.9 Å². The van der Waals surface area contributed by atoms with Gasteiger partial charge in [-0.15, -0.1) is 0 Å². The van der Waals surface area contributed by atoms with Crippen molar-refractivity contribution in [3.63, 3.8) is 0 Å². The first-order chi connectivity index (χ1) is 4.61. The van der Waals surface area contributed by atoms with E-state index in [1.165, 1.54) is 0 Å². The van der Waals surface area contributed by atoms with Crippen molar-refractivity contribution < 1.29 is 20.1 Å². The van der Waals surface area contributed by atoms with E-state index in [0.29, 0.717) is 13.0 Å². The van der Waals surface area contributed by atoms with Gasteiger partial charge in [-0.1, -0.05) is 0 Å². The zero-order chi connectivity index (χ0) is 7.61. The van der Waals surface area contributed by atoms with Gasteiger partial charge in [-0.3, -0.25) is 0 Å². The summed E-state index contributed by atoms with van der Waals surface area (Å²) in [6.45, 7) is 0.871. The molecule has 1 fully saturated rings. The molecule has 1 aliphatic rings. The van der Waals surface area contributed by atoms with Gasteiger partial charge >= 0.3 is 0 Å². The van der Waals surface area contributed by atoms with Crippen molar-refractivity contribution in [1.29, 1.82) is 0 Å². The van der Waals surface area contributed by atoms with E-state index in [1.54, 1.807) is 0 Å². The van der Waals surface area contributed by atoms with Gasteiger partial charge in [0, 0.05) is 6.61 Å². The highest BCUT2D eigenvalue weighted by Crippen LogP contribution is 2.21. The summed E-state index contributed by atoms with van der Waals surface area (Å²) in [5.41, 5.74) is 0. The summed E-state index contributed by atoms with van der Waals surface area (Å²) in [6.07, 6.45) is 1.37. The molecule has 4 nitrogen and oxygen atoms in total. The molecule has 10 heavy (non-hydrogen) atoms. The van der Waals surface area contributed by atoms with Crippen LogP contribution in [-0.2, 0) is 4.74 Å². The third-order valence-electron chi connectivity index (χ3n) is 1.71. The summed E-state index contributed by atoms with van der Waals surface area (Å²) in [7, 11) is 0. The molecule has 0 aliphatic carbocycles. The van der Waals surface area contributed by atoms with Crippen molar-refractivity contribution in [2.24, 2.45) is 5.92 Å². The Labute approximate surface area is 59.1 Å². The number of rotatable bonds is 1. The summed E-state index contributed by atoms with van der Waals surface area (Å²) in [5, 5.41) is 26.0. The summed E-state index contributed by atoms with van der Waals surface area (Å²) in [6, 6.07) is 0. The number of hydrogen-bond acceptors (Lipinski definition) is 4. The summed E-state index contributed by atoms with van der Waals surface area (Å²) in [4.78, 5) is 0. The van der Waals surface area contributed by atoms with Gasteiger partial charge in [0.05, 0.1) is 12.5 Å². The molecule has 1 heterocycles. The Morgan fingerprint density at radius 3 is 2.30 bits per heavy atom. The van der Waals surface area contributed by atoms with Gasteiger partial charge in [0.2, 0.25) is 0 Å². The zero-order valence-corrected chi connectivity index (χ0v) is 5.66. The maximum Gasteiger partial charge on any atom is 0.280 e. The second-order valence-electron chi connectivity index (χ2n) is 2.60. The highest BCUT2D eigenvalue weighted by Gasteiger charge is 2.33. The first-order valence-corrected chi connectivity index (χ1v) is 3.35. The molecule has 0 aromatic rings. The van der Waals surface area contributed by atoms with Crippen molar-refractivity contribution in [2.45, 2.75) is 18.8 Å². The normalized spacial score (nSPS) is 28.5. The molecule has 0 unspecified atom stereocenters. The third-order valence-corrected chi connectivity index (χ3v) is 1.71. The van der Waals surface area contributed by atoms with Crippen molar-refractivity contribution >= 4 is 0 Å². The van der Waals surface area contributed by atoms with E-state index >= 15 is 0 Å². The van der Waals surface area contributed by atoms with Crippen molar-refractivity contribution in [1.82, 2.24) is 0 Å². The Morgan fingerprint density at radius 1 is 1.30 bits per heavy atom. The summed E-state index contributed by atoms with van der Waals surface area (Å²) in [5.74, 6) is -3.11. The molecular formula is C6H12O4. The molecule has 0 amide bonds. The predicted molar refractivity (Wildman–Crippen MR) is 32.9 cm³/mol. The van der Waals surface area contributed by atoms with E-state index in [4.69, 9.17) is 20.1 Å². The second-order valence-corrected chi connectivity index (χ2v) is 2.60. The van der Waals surface area contributed by atoms with E-state index in [1.807, 2.05) is 0 Å². The van der Waals surface area contributed by atoms with Crippen molar-refractivity contribution in [2.75, 3.05) is 13.2 Å². The number of hydrogen-bond donors (Lipinski definition) is 3. The molecule has 3 N–H and O–H groups in total. The summed E-state index contributed by atoms with van der Waals surface area (Å²) >= 11 is 0. The predicted octanol–water partition coefficient (Wildman–Crippen LogP) is -0.956. The average molecular weight is 148 g/mol. The van der Waals surface area contributed by atoms with Crippen LogP contribution in [0.4, 0.5) is 0 Å². The van der Waals surface area contributed by atoms with Crippen LogP contribution in [0.3, 0.4) is 0 Å². The van der Waals surface area contributed by atoms with Crippen LogP contribution >= 0.6 is 0 Å². The SMILES string of the molecule is OC(O)(O)[C@H]1CCCOC1. The van der Waals surface area contributed by atoms with Crippen LogP contribution in [0.5, 0.6) is 0 Å². The molecule has 0 aromatic carbocycles. The molecule has 1 aliphatic heterocycles. The van der Waals surface area contributed by atoms with Gasteiger partial charge in [-0.05, 0) is 12.8 Å². The fourth-order valence-electron chi connectivity index (χ4n) is 1.05. The van der Waals surface area contributed by atoms with E-state index in [-0.39, 0.29) is 6.61 Å². The molecule has 0 spiro atoms. The zero-order valence-electron chi connectivity index (χ0n) is 5.66. The lowest BCUT2D eigenvalue weighted by atomic mass is 10.00. The van der Waals surface area contributed by atoms with E-state index < -0.39 is 11.9 Å². The quantitative estimate of drug-likeness (QED) is 0.419. The van der Waals surface area contributed by atoms with Gasteiger partial charge in [-0.25, -0.2) is 0 Å². The van der Waals surface area contributed by atoms with Crippen LogP contribution in [0.1, 0.15) is 12.8 Å². The lowest BCUT2D eigenvalue weighted by Crippen LogP contribution is -2.41. The Hall–Kier alpha value is -0.160. The van der Waals surface area contributed by atoms with Crippen molar-refractivity contribution in [3.05, 3.63) is 0 Å². The first kappa shape index (κ1) is 7.94. The maximum atomic E-state index is 8.67.